The summed E-state index contributed by atoms with van der Waals surface area (Å²) >= 11 is 0. The molecule has 4 aromatic rings. The summed E-state index contributed by atoms with van der Waals surface area (Å²) in [6, 6.07) is 23.2. The van der Waals surface area contributed by atoms with Crippen LogP contribution < -0.4 is 5.32 Å². The molecule has 1 atom stereocenters. The largest absolute Gasteiger partial charge is 0.383 e. The Morgan fingerprint density at radius 3 is 2.61 bits per heavy atom. The summed E-state index contributed by atoms with van der Waals surface area (Å²) in [5.74, 6) is -0.337. The van der Waals surface area contributed by atoms with E-state index in [2.05, 4.69) is 53.3 Å². The third kappa shape index (κ3) is 5.49. The highest BCUT2D eigenvalue weighted by Crippen LogP contribution is 2.35. The number of fused-ring (bicyclic) bond motifs is 1. The van der Waals surface area contributed by atoms with Crippen LogP contribution in [0.15, 0.2) is 79.0 Å². The van der Waals surface area contributed by atoms with Crippen LogP contribution in [0.4, 0.5) is 4.39 Å². The number of nitrogens with one attached hydrogen (secondary N) is 1. The molecular weight excluding hydrogens is 415 g/mol. The lowest BCUT2D eigenvalue weighted by atomic mass is 9.87. The number of rotatable bonds is 9. The first-order chi connectivity index (χ1) is 16.0. The number of nitrogens with zero attached hydrogens (tertiary/aromatic N) is 1. The molecular formula is C28H29FN2O2. The minimum absolute atomic E-state index is 0.00563. The van der Waals surface area contributed by atoms with Crippen molar-refractivity contribution in [3.8, 4) is 0 Å². The molecule has 4 rings (SSSR count). The molecule has 5 heteroatoms. The Morgan fingerprint density at radius 2 is 1.85 bits per heavy atom. The second kappa shape index (κ2) is 10.5. The molecule has 170 valence electrons. The number of hydrogen-bond acceptors (Lipinski definition) is 2. The Hall–Kier alpha value is -3.44. The number of aromatic nitrogens is 1. The molecule has 0 bridgehead atoms. The zero-order valence-electron chi connectivity index (χ0n) is 19.1. The van der Waals surface area contributed by atoms with E-state index in [4.69, 9.17) is 4.74 Å². The molecule has 4 nitrogen and oxygen atoms in total. The van der Waals surface area contributed by atoms with Gasteiger partial charge in [0.2, 0.25) is 5.91 Å². The van der Waals surface area contributed by atoms with Gasteiger partial charge in [0.15, 0.2) is 0 Å². The summed E-state index contributed by atoms with van der Waals surface area (Å²) in [4.78, 5) is 12.8. The van der Waals surface area contributed by atoms with Gasteiger partial charge in [-0.1, -0.05) is 60.2 Å². The molecule has 1 unspecified atom stereocenters. The van der Waals surface area contributed by atoms with Crippen molar-refractivity contribution in [2.75, 3.05) is 20.3 Å². The first-order valence-electron chi connectivity index (χ1n) is 11.2. The van der Waals surface area contributed by atoms with Gasteiger partial charge in [0.1, 0.15) is 5.82 Å². The molecule has 1 N–H and O–H groups in total. The van der Waals surface area contributed by atoms with Crippen LogP contribution in [0.3, 0.4) is 0 Å². The second-order valence-corrected chi connectivity index (χ2v) is 8.37. The van der Waals surface area contributed by atoms with E-state index in [0.29, 0.717) is 26.1 Å². The molecule has 1 aromatic heterocycles. The maximum atomic E-state index is 13.4. The molecule has 0 aliphatic heterocycles. The molecule has 1 heterocycles. The lowest BCUT2D eigenvalue weighted by molar-refractivity contribution is -0.121. The van der Waals surface area contributed by atoms with Crippen LogP contribution >= 0.6 is 0 Å². The van der Waals surface area contributed by atoms with Crippen LogP contribution in [0.1, 0.15) is 34.6 Å². The van der Waals surface area contributed by atoms with Gasteiger partial charge in [-0.05, 0) is 41.8 Å². The van der Waals surface area contributed by atoms with Crippen molar-refractivity contribution >= 4 is 16.8 Å². The number of hydrogen-bond donors (Lipinski definition) is 1. The third-order valence-corrected chi connectivity index (χ3v) is 5.92. The summed E-state index contributed by atoms with van der Waals surface area (Å²) in [5, 5.41) is 4.08. The maximum absolute atomic E-state index is 13.4. The second-order valence-electron chi connectivity index (χ2n) is 8.37. The summed E-state index contributed by atoms with van der Waals surface area (Å²) in [7, 11) is 1.62. The predicted octanol–water partition coefficient (Wildman–Crippen LogP) is 5.42. The molecule has 0 radical (unpaired) electrons. The van der Waals surface area contributed by atoms with Crippen LogP contribution in [0, 0.1) is 12.7 Å². The van der Waals surface area contributed by atoms with Crippen molar-refractivity contribution in [3.05, 3.63) is 107 Å². The Balaban J connectivity index is 1.74. The fourth-order valence-electron chi connectivity index (χ4n) is 4.31. The highest BCUT2D eigenvalue weighted by atomic mass is 19.1. The standard InChI is InChI=1S/C28H29FN2O2/c1-20-6-5-7-22(16-20)25(17-28(32)30-14-15-33-2)26-19-31(27-9-4-3-8-24(26)27)18-21-10-12-23(29)13-11-21/h3-13,16,19,25H,14-15,17-18H2,1-2H3,(H,30,32). The number of para-hydroxylation sites is 1. The van der Waals surface area contributed by atoms with Crippen LogP contribution in [-0.2, 0) is 16.1 Å². The summed E-state index contributed by atoms with van der Waals surface area (Å²) < 4.78 is 20.6. The van der Waals surface area contributed by atoms with Crippen molar-refractivity contribution in [1.82, 2.24) is 9.88 Å². The summed E-state index contributed by atoms with van der Waals surface area (Å²) in [6.45, 7) is 3.67. The number of aryl methyl sites for hydroxylation is 1. The molecule has 33 heavy (non-hydrogen) atoms. The Labute approximate surface area is 194 Å². The van der Waals surface area contributed by atoms with E-state index in [-0.39, 0.29) is 17.6 Å². The van der Waals surface area contributed by atoms with Crippen molar-refractivity contribution in [3.63, 3.8) is 0 Å². The fourth-order valence-corrected chi connectivity index (χ4v) is 4.31. The first kappa shape index (κ1) is 22.7. The number of benzene rings is 3. The smallest absolute Gasteiger partial charge is 0.221 e. The van der Waals surface area contributed by atoms with Crippen molar-refractivity contribution in [2.24, 2.45) is 0 Å². The Bertz CT molecular complexity index is 1230. The molecule has 0 aliphatic rings. The zero-order valence-corrected chi connectivity index (χ0v) is 19.1. The van der Waals surface area contributed by atoms with Gasteiger partial charge < -0.3 is 14.6 Å². The fraction of sp³-hybridized carbons (Fsp3) is 0.250. The SMILES string of the molecule is COCCNC(=O)CC(c1cccc(C)c1)c1cn(Cc2ccc(F)cc2)c2ccccc12. The average Bonchev–Trinajstić information content (AvgIpc) is 3.17. The number of carbonyl (C=O) groups excluding carboxylic acids is 1. The molecule has 3 aromatic carbocycles. The quantitative estimate of drug-likeness (QED) is 0.350. The van der Waals surface area contributed by atoms with E-state index in [0.717, 1.165) is 33.2 Å². The maximum Gasteiger partial charge on any atom is 0.221 e. The third-order valence-electron chi connectivity index (χ3n) is 5.92. The molecule has 0 fully saturated rings. The Morgan fingerprint density at radius 1 is 1.06 bits per heavy atom. The van der Waals surface area contributed by atoms with E-state index in [1.165, 1.54) is 12.1 Å². The highest BCUT2D eigenvalue weighted by Gasteiger charge is 2.23. The van der Waals surface area contributed by atoms with Gasteiger partial charge in [-0.15, -0.1) is 0 Å². The van der Waals surface area contributed by atoms with Crippen LogP contribution in [0.5, 0.6) is 0 Å². The molecule has 0 saturated carbocycles. The average molecular weight is 445 g/mol. The van der Waals surface area contributed by atoms with Gasteiger partial charge in [-0.25, -0.2) is 4.39 Å². The number of carbonyl (C=O) groups is 1. The Kier molecular flexibility index (Phi) is 7.20. The van der Waals surface area contributed by atoms with E-state index in [1.54, 1.807) is 7.11 Å². The van der Waals surface area contributed by atoms with Crippen LogP contribution in [-0.4, -0.2) is 30.7 Å². The monoisotopic (exact) mass is 444 g/mol. The molecule has 0 saturated heterocycles. The van der Waals surface area contributed by atoms with Crippen molar-refractivity contribution in [2.45, 2.75) is 25.8 Å². The van der Waals surface area contributed by atoms with Crippen molar-refractivity contribution < 1.29 is 13.9 Å². The van der Waals surface area contributed by atoms with Gasteiger partial charge in [-0.3, -0.25) is 4.79 Å². The van der Waals surface area contributed by atoms with Crippen LogP contribution in [0.25, 0.3) is 10.9 Å². The topological polar surface area (TPSA) is 43.3 Å². The number of halogens is 1. The van der Waals surface area contributed by atoms with Gasteiger partial charge >= 0.3 is 0 Å². The molecule has 0 aliphatic carbocycles. The van der Waals surface area contributed by atoms with Gasteiger partial charge in [0.05, 0.1) is 6.61 Å². The first-order valence-corrected chi connectivity index (χ1v) is 11.2. The minimum Gasteiger partial charge on any atom is -0.383 e. The minimum atomic E-state index is -0.240. The summed E-state index contributed by atoms with van der Waals surface area (Å²) in [6.07, 6.45) is 2.49. The van der Waals surface area contributed by atoms with Crippen molar-refractivity contribution in [1.29, 1.82) is 0 Å². The van der Waals surface area contributed by atoms with Gasteiger partial charge in [0.25, 0.3) is 0 Å². The molecule has 0 spiro atoms. The molecule has 1 amide bonds. The van der Waals surface area contributed by atoms with E-state index >= 15 is 0 Å². The summed E-state index contributed by atoms with van der Waals surface area (Å²) in [5.41, 5.74) is 5.50. The predicted molar refractivity (Wildman–Crippen MR) is 130 cm³/mol. The van der Waals surface area contributed by atoms with Gasteiger partial charge in [-0.2, -0.15) is 0 Å². The van der Waals surface area contributed by atoms with Gasteiger partial charge in [0, 0.05) is 49.6 Å². The van der Waals surface area contributed by atoms with E-state index < -0.39 is 0 Å². The number of ether oxygens (including phenoxy) is 1. The normalized spacial score (nSPS) is 12.1. The van der Waals surface area contributed by atoms with E-state index in [1.807, 2.05) is 30.3 Å². The highest BCUT2D eigenvalue weighted by molar-refractivity contribution is 5.86. The lowest BCUT2D eigenvalue weighted by Gasteiger charge is -2.18. The van der Waals surface area contributed by atoms with Crippen LogP contribution in [0.2, 0.25) is 0 Å². The number of amides is 1. The zero-order chi connectivity index (χ0) is 23.2. The van der Waals surface area contributed by atoms with E-state index in [9.17, 15) is 9.18 Å². The lowest BCUT2D eigenvalue weighted by Crippen LogP contribution is -2.28. The number of methoxy groups -OCH3 is 1.